The number of ketones is 1. The van der Waals surface area contributed by atoms with E-state index in [4.69, 9.17) is 4.74 Å². The van der Waals surface area contributed by atoms with E-state index in [2.05, 4.69) is 19.9 Å². The molecule has 0 amide bonds. The van der Waals surface area contributed by atoms with Gasteiger partial charge in [-0.2, -0.15) is 0 Å². The van der Waals surface area contributed by atoms with Crippen molar-refractivity contribution >= 4 is 18.0 Å². The third-order valence-corrected chi connectivity index (χ3v) is 8.00. The van der Waals surface area contributed by atoms with Gasteiger partial charge in [0.15, 0.2) is 17.8 Å². The summed E-state index contributed by atoms with van der Waals surface area (Å²) in [6, 6.07) is 0. The lowest BCUT2D eigenvalue weighted by atomic mass is 9.48. The third-order valence-electron chi connectivity index (χ3n) is 8.00. The van der Waals surface area contributed by atoms with Crippen LogP contribution in [-0.2, 0) is 19.1 Å². The summed E-state index contributed by atoms with van der Waals surface area (Å²) >= 11 is 0. The van der Waals surface area contributed by atoms with Crippen LogP contribution in [-0.4, -0.2) is 18.0 Å². The number of allylic oxidation sites excluding steroid dienone is 6. The molecule has 0 bridgehead atoms. The molecule has 4 rings (SSSR count). The van der Waals surface area contributed by atoms with E-state index in [0.29, 0.717) is 17.8 Å². The van der Waals surface area contributed by atoms with E-state index >= 15 is 0 Å². The van der Waals surface area contributed by atoms with Crippen molar-refractivity contribution in [2.45, 2.75) is 59.3 Å². The summed E-state index contributed by atoms with van der Waals surface area (Å²) in [4.78, 5) is 34.9. The van der Waals surface area contributed by atoms with Crippen molar-refractivity contribution in [3.63, 3.8) is 0 Å². The number of carbonyl (C=O) groups excluding carboxylic acids is 3. The molecule has 4 heteroatoms. The van der Waals surface area contributed by atoms with Gasteiger partial charge in [0, 0.05) is 12.3 Å². The van der Waals surface area contributed by atoms with Crippen molar-refractivity contribution in [3.8, 4) is 0 Å². The van der Waals surface area contributed by atoms with E-state index in [9.17, 15) is 14.4 Å². The largest absolute Gasteiger partial charge is 0.423 e. The van der Waals surface area contributed by atoms with Gasteiger partial charge in [0.05, 0.1) is 0 Å². The first-order valence-electron chi connectivity index (χ1n) is 10.1. The highest BCUT2D eigenvalue weighted by atomic mass is 16.5. The summed E-state index contributed by atoms with van der Waals surface area (Å²) in [6.45, 7) is 5.90. The monoisotopic (exact) mass is 368 g/mol. The number of ether oxygens (including phenoxy) is 1. The minimum atomic E-state index is -0.428. The molecule has 0 radical (unpaired) electrons. The van der Waals surface area contributed by atoms with Gasteiger partial charge >= 0.3 is 5.97 Å². The summed E-state index contributed by atoms with van der Waals surface area (Å²) in [5.41, 5.74) is 2.24. The van der Waals surface area contributed by atoms with Crippen LogP contribution < -0.4 is 0 Å². The molecule has 27 heavy (non-hydrogen) atoms. The van der Waals surface area contributed by atoms with Gasteiger partial charge in [0.25, 0.3) is 0 Å². The topological polar surface area (TPSA) is 60.4 Å². The van der Waals surface area contributed by atoms with E-state index in [0.717, 1.165) is 50.4 Å². The van der Waals surface area contributed by atoms with E-state index in [-0.39, 0.29) is 22.4 Å². The minimum absolute atomic E-state index is 0.0198. The molecule has 4 aliphatic carbocycles. The summed E-state index contributed by atoms with van der Waals surface area (Å²) in [7, 11) is 0. The SMILES string of the molecule is CC(=O)O/C(C=O)=C1/CC[C@H]2[C@@H]3CCC4=CC(=O)C=C[C@]4(C)[C@H]3CC[C@]12C. The Kier molecular flexibility index (Phi) is 4.28. The van der Waals surface area contributed by atoms with Crippen molar-refractivity contribution in [1.82, 2.24) is 0 Å². The predicted octanol–water partition coefficient (Wildman–Crippen LogP) is 4.31. The Morgan fingerprint density at radius 2 is 1.96 bits per heavy atom. The Bertz CT molecular complexity index is 801. The van der Waals surface area contributed by atoms with Gasteiger partial charge in [-0.15, -0.1) is 0 Å². The number of rotatable bonds is 2. The van der Waals surface area contributed by atoms with Crippen LogP contribution in [0.5, 0.6) is 0 Å². The van der Waals surface area contributed by atoms with Gasteiger partial charge in [-0.05, 0) is 79.4 Å². The van der Waals surface area contributed by atoms with Crippen LogP contribution >= 0.6 is 0 Å². The molecule has 0 heterocycles. The number of esters is 1. The first-order valence-corrected chi connectivity index (χ1v) is 10.1. The Morgan fingerprint density at radius 3 is 2.67 bits per heavy atom. The molecular weight excluding hydrogens is 340 g/mol. The van der Waals surface area contributed by atoms with Crippen molar-refractivity contribution in [3.05, 3.63) is 35.1 Å². The molecule has 3 saturated carbocycles. The third kappa shape index (κ3) is 2.67. The summed E-state index contributed by atoms with van der Waals surface area (Å²) < 4.78 is 5.27. The van der Waals surface area contributed by atoms with Crippen molar-refractivity contribution < 1.29 is 19.1 Å². The average molecular weight is 368 g/mol. The zero-order valence-corrected chi connectivity index (χ0v) is 16.4. The molecule has 144 valence electrons. The number of hydrogen-bond donors (Lipinski definition) is 0. The molecule has 3 fully saturated rings. The van der Waals surface area contributed by atoms with Crippen LogP contribution in [0.3, 0.4) is 0 Å². The standard InChI is InChI=1S/C23H28O4/c1-14(25)27-21(13-24)20-7-6-18-17-5-4-15-12-16(26)8-10-22(15,2)19(17)9-11-23(18,20)3/h8,10,12-13,17-19H,4-7,9,11H2,1-3H3/b21-20-/t17-,18-,19-,22-,23-/m0/s1. The van der Waals surface area contributed by atoms with E-state index in [1.165, 1.54) is 12.5 Å². The Morgan fingerprint density at radius 1 is 1.19 bits per heavy atom. The molecule has 0 saturated heterocycles. The molecule has 0 aromatic carbocycles. The minimum Gasteiger partial charge on any atom is -0.423 e. The fourth-order valence-electron chi connectivity index (χ4n) is 6.73. The van der Waals surface area contributed by atoms with Gasteiger partial charge in [0.2, 0.25) is 0 Å². The van der Waals surface area contributed by atoms with Crippen LogP contribution in [0.4, 0.5) is 0 Å². The van der Waals surface area contributed by atoms with Crippen molar-refractivity contribution in [2.24, 2.45) is 28.6 Å². The molecule has 0 N–H and O–H groups in total. The zero-order chi connectivity index (χ0) is 19.4. The molecule has 4 aliphatic rings. The Balaban J connectivity index is 1.69. The average Bonchev–Trinajstić information content (AvgIpc) is 2.97. The fraction of sp³-hybridized carbons (Fsp3) is 0.609. The lowest BCUT2D eigenvalue weighted by Crippen LogP contribution is -2.48. The molecule has 0 aromatic heterocycles. The highest BCUT2D eigenvalue weighted by molar-refractivity contribution is 6.01. The zero-order valence-electron chi connectivity index (χ0n) is 16.4. The number of hydrogen-bond acceptors (Lipinski definition) is 4. The molecule has 4 nitrogen and oxygen atoms in total. The Labute approximate surface area is 160 Å². The second-order valence-electron chi connectivity index (χ2n) is 9.15. The quantitative estimate of drug-likeness (QED) is 0.315. The number of carbonyl (C=O) groups is 3. The lowest BCUT2D eigenvalue weighted by molar-refractivity contribution is -0.138. The molecular formula is C23H28O4. The van der Waals surface area contributed by atoms with E-state index in [1.54, 1.807) is 6.08 Å². The molecule has 0 aromatic rings. The first-order chi connectivity index (χ1) is 12.8. The fourth-order valence-corrected chi connectivity index (χ4v) is 6.73. The maximum atomic E-state index is 11.8. The van der Waals surface area contributed by atoms with E-state index in [1.807, 2.05) is 6.08 Å². The highest BCUT2D eigenvalue weighted by Crippen LogP contribution is 2.66. The highest BCUT2D eigenvalue weighted by Gasteiger charge is 2.57. The van der Waals surface area contributed by atoms with Crippen LogP contribution in [0.2, 0.25) is 0 Å². The van der Waals surface area contributed by atoms with Gasteiger partial charge in [0.1, 0.15) is 0 Å². The van der Waals surface area contributed by atoms with Crippen molar-refractivity contribution in [2.75, 3.05) is 0 Å². The first kappa shape index (κ1) is 18.4. The van der Waals surface area contributed by atoms with Crippen LogP contribution in [0.25, 0.3) is 0 Å². The maximum absolute atomic E-state index is 11.8. The predicted molar refractivity (Wildman–Crippen MR) is 101 cm³/mol. The maximum Gasteiger partial charge on any atom is 0.308 e. The van der Waals surface area contributed by atoms with Gasteiger partial charge < -0.3 is 4.74 Å². The smallest absolute Gasteiger partial charge is 0.308 e. The Hall–Kier alpha value is -1.97. The van der Waals surface area contributed by atoms with Crippen LogP contribution in [0.1, 0.15) is 59.3 Å². The second kappa shape index (κ2) is 6.29. The molecule has 5 atom stereocenters. The van der Waals surface area contributed by atoms with Gasteiger partial charge in [-0.1, -0.05) is 25.5 Å². The number of aldehydes is 1. The summed E-state index contributed by atoms with van der Waals surface area (Å²) in [5.74, 6) is 1.55. The number of fused-ring (bicyclic) bond motifs is 5. The lowest BCUT2D eigenvalue weighted by Gasteiger charge is -2.56. The molecule has 0 unspecified atom stereocenters. The molecule has 0 aliphatic heterocycles. The van der Waals surface area contributed by atoms with E-state index < -0.39 is 5.97 Å². The van der Waals surface area contributed by atoms with Gasteiger partial charge in [-0.3, -0.25) is 14.4 Å². The molecule has 0 spiro atoms. The summed E-state index contributed by atoms with van der Waals surface area (Å²) in [6.07, 6.45) is 12.5. The van der Waals surface area contributed by atoms with Crippen molar-refractivity contribution in [1.29, 1.82) is 0 Å². The second-order valence-corrected chi connectivity index (χ2v) is 9.15. The normalized spacial score (nSPS) is 41.8. The van der Waals surface area contributed by atoms with Crippen LogP contribution in [0, 0.1) is 28.6 Å². The van der Waals surface area contributed by atoms with Gasteiger partial charge in [-0.25, -0.2) is 0 Å². The van der Waals surface area contributed by atoms with Crippen LogP contribution in [0.15, 0.2) is 35.1 Å². The summed E-state index contributed by atoms with van der Waals surface area (Å²) in [5, 5.41) is 0.